The molecule has 1 aliphatic rings. The van der Waals surface area contributed by atoms with Gasteiger partial charge in [0, 0.05) is 0 Å². The number of ether oxygens (including phenoxy) is 1. The molecule has 1 N–H and O–H groups in total. The third kappa shape index (κ3) is 2.81. The van der Waals surface area contributed by atoms with Crippen LogP contribution in [0.4, 0.5) is 0 Å². The van der Waals surface area contributed by atoms with Gasteiger partial charge < -0.3 is 9.84 Å². The Morgan fingerprint density at radius 1 is 1.29 bits per heavy atom. The highest BCUT2D eigenvalue weighted by molar-refractivity contribution is 5.36. The highest BCUT2D eigenvalue weighted by Gasteiger charge is 2.26. The van der Waals surface area contributed by atoms with E-state index in [1.807, 2.05) is 6.07 Å². The Morgan fingerprint density at radius 2 is 2.06 bits per heavy atom. The molecule has 0 spiro atoms. The van der Waals surface area contributed by atoms with Crippen molar-refractivity contribution in [3.8, 4) is 5.75 Å². The van der Waals surface area contributed by atoms with E-state index in [4.69, 9.17) is 4.74 Å². The summed E-state index contributed by atoms with van der Waals surface area (Å²) >= 11 is 0. The third-order valence-electron chi connectivity index (χ3n) is 3.57. The molecular formula is C15H22O2. The van der Waals surface area contributed by atoms with E-state index in [2.05, 4.69) is 32.9 Å². The van der Waals surface area contributed by atoms with Crippen molar-refractivity contribution in [2.24, 2.45) is 0 Å². The molecule has 0 aromatic heterocycles. The number of aryl methyl sites for hydroxylation is 1. The van der Waals surface area contributed by atoms with Crippen LogP contribution in [0.15, 0.2) is 18.2 Å². The lowest BCUT2D eigenvalue weighted by Gasteiger charge is -2.18. The molecule has 1 aliphatic carbocycles. The molecule has 0 unspecified atom stereocenters. The molecule has 0 heterocycles. The van der Waals surface area contributed by atoms with E-state index in [1.54, 1.807) is 0 Å². The van der Waals surface area contributed by atoms with Crippen LogP contribution in [0.2, 0.25) is 0 Å². The fraction of sp³-hybridized carbons (Fsp3) is 0.600. The summed E-state index contributed by atoms with van der Waals surface area (Å²) in [5, 5.41) is 9.74. The van der Waals surface area contributed by atoms with Gasteiger partial charge in [0.05, 0.1) is 6.10 Å². The summed E-state index contributed by atoms with van der Waals surface area (Å²) in [6.07, 6.45) is 2.59. The maximum atomic E-state index is 9.74. The van der Waals surface area contributed by atoms with E-state index < -0.39 is 0 Å². The van der Waals surface area contributed by atoms with Crippen molar-refractivity contribution in [3.05, 3.63) is 29.3 Å². The maximum Gasteiger partial charge on any atom is 0.124 e. The molecular weight excluding hydrogens is 212 g/mol. The van der Waals surface area contributed by atoms with Gasteiger partial charge in [0.15, 0.2) is 0 Å². The lowest BCUT2D eigenvalue weighted by atomic mass is 9.98. The average Bonchev–Trinajstić information content (AvgIpc) is 2.64. The van der Waals surface area contributed by atoms with Gasteiger partial charge in [-0.25, -0.2) is 0 Å². The summed E-state index contributed by atoms with van der Waals surface area (Å²) in [5.74, 6) is 1.43. The van der Waals surface area contributed by atoms with Crippen molar-refractivity contribution in [1.82, 2.24) is 0 Å². The van der Waals surface area contributed by atoms with E-state index >= 15 is 0 Å². The Bertz CT molecular complexity index is 385. The van der Waals surface area contributed by atoms with E-state index in [9.17, 15) is 5.11 Å². The summed E-state index contributed by atoms with van der Waals surface area (Å²) < 4.78 is 5.85. The minimum atomic E-state index is -0.292. The minimum Gasteiger partial charge on any atom is -0.488 e. The molecule has 1 saturated carbocycles. The van der Waals surface area contributed by atoms with Crippen LogP contribution in [0.3, 0.4) is 0 Å². The second-order valence-electron chi connectivity index (χ2n) is 5.33. The first kappa shape index (κ1) is 12.4. The normalized spacial score (nSPS) is 24.3. The fourth-order valence-electron chi connectivity index (χ4n) is 2.59. The van der Waals surface area contributed by atoms with Crippen LogP contribution in [0.5, 0.6) is 5.75 Å². The van der Waals surface area contributed by atoms with Gasteiger partial charge in [0.2, 0.25) is 0 Å². The van der Waals surface area contributed by atoms with Gasteiger partial charge in [-0.1, -0.05) is 19.9 Å². The minimum absolute atomic E-state index is 0.0145. The Morgan fingerprint density at radius 3 is 2.59 bits per heavy atom. The zero-order valence-electron chi connectivity index (χ0n) is 10.9. The van der Waals surface area contributed by atoms with Crippen molar-refractivity contribution in [3.63, 3.8) is 0 Å². The van der Waals surface area contributed by atoms with Crippen LogP contribution in [-0.4, -0.2) is 17.3 Å². The van der Waals surface area contributed by atoms with Gasteiger partial charge in [0.1, 0.15) is 11.9 Å². The molecule has 0 saturated heterocycles. The van der Waals surface area contributed by atoms with Crippen LogP contribution in [0.1, 0.15) is 50.2 Å². The summed E-state index contributed by atoms with van der Waals surface area (Å²) in [7, 11) is 0. The Kier molecular flexibility index (Phi) is 3.72. The Labute approximate surface area is 104 Å². The van der Waals surface area contributed by atoms with Gasteiger partial charge in [-0.05, 0) is 55.4 Å². The van der Waals surface area contributed by atoms with Crippen LogP contribution in [0, 0.1) is 6.92 Å². The van der Waals surface area contributed by atoms with Crippen LogP contribution >= 0.6 is 0 Å². The first-order chi connectivity index (χ1) is 8.08. The SMILES string of the molecule is Cc1cc(O[C@@H]2CCC[C@H]2O)ccc1C(C)C. The first-order valence-electron chi connectivity index (χ1n) is 6.53. The molecule has 1 fully saturated rings. The standard InChI is InChI=1S/C15H22O2/c1-10(2)13-8-7-12(9-11(13)3)17-15-6-4-5-14(15)16/h7-10,14-16H,4-6H2,1-3H3/t14-,15-/m1/s1. The van der Waals surface area contributed by atoms with E-state index in [0.29, 0.717) is 5.92 Å². The summed E-state index contributed by atoms with van der Waals surface area (Å²) in [4.78, 5) is 0. The summed E-state index contributed by atoms with van der Waals surface area (Å²) in [5.41, 5.74) is 2.63. The molecule has 94 valence electrons. The molecule has 0 bridgehead atoms. The molecule has 1 aromatic rings. The fourth-order valence-corrected chi connectivity index (χ4v) is 2.59. The molecule has 0 amide bonds. The topological polar surface area (TPSA) is 29.5 Å². The van der Waals surface area contributed by atoms with Crippen molar-refractivity contribution >= 4 is 0 Å². The number of hydrogen-bond acceptors (Lipinski definition) is 2. The maximum absolute atomic E-state index is 9.74. The first-order valence-corrected chi connectivity index (χ1v) is 6.53. The van der Waals surface area contributed by atoms with Crippen molar-refractivity contribution < 1.29 is 9.84 Å². The molecule has 2 rings (SSSR count). The van der Waals surface area contributed by atoms with E-state index in [-0.39, 0.29) is 12.2 Å². The van der Waals surface area contributed by atoms with E-state index in [0.717, 1.165) is 25.0 Å². The van der Waals surface area contributed by atoms with Crippen molar-refractivity contribution in [1.29, 1.82) is 0 Å². The van der Waals surface area contributed by atoms with Gasteiger partial charge in [-0.15, -0.1) is 0 Å². The molecule has 2 heteroatoms. The van der Waals surface area contributed by atoms with Crippen LogP contribution in [0.25, 0.3) is 0 Å². The van der Waals surface area contributed by atoms with Crippen molar-refractivity contribution in [2.45, 2.75) is 58.2 Å². The molecule has 2 nitrogen and oxygen atoms in total. The van der Waals surface area contributed by atoms with Gasteiger partial charge in [-0.2, -0.15) is 0 Å². The molecule has 0 radical (unpaired) electrons. The molecule has 17 heavy (non-hydrogen) atoms. The van der Waals surface area contributed by atoms with Gasteiger partial charge in [0.25, 0.3) is 0 Å². The Balaban J connectivity index is 2.09. The van der Waals surface area contributed by atoms with Crippen LogP contribution < -0.4 is 4.74 Å². The number of aliphatic hydroxyl groups is 1. The number of aliphatic hydroxyl groups excluding tert-OH is 1. The lowest BCUT2D eigenvalue weighted by molar-refractivity contribution is 0.0603. The number of hydrogen-bond donors (Lipinski definition) is 1. The highest BCUT2D eigenvalue weighted by Crippen LogP contribution is 2.28. The third-order valence-corrected chi connectivity index (χ3v) is 3.57. The molecule has 2 atom stereocenters. The largest absolute Gasteiger partial charge is 0.488 e. The van der Waals surface area contributed by atoms with Crippen molar-refractivity contribution in [2.75, 3.05) is 0 Å². The Hall–Kier alpha value is -1.02. The monoisotopic (exact) mass is 234 g/mol. The van der Waals surface area contributed by atoms with Crippen LogP contribution in [-0.2, 0) is 0 Å². The summed E-state index contributed by atoms with van der Waals surface area (Å²) in [6.45, 7) is 6.51. The van der Waals surface area contributed by atoms with Gasteiger partial charge in [-0.3, -0.25) is 0 Å². The van der Waals surface area contributed by atoms with Gasteiger partial charge >= 0.3 is 0 Å². The number of rotatable bonds is 3. The smallest absolute Gasteiger partial charge is 0.124 e. The zero-order valence-corrected chi connectivity index (χ0v) is 10.9. The quantitative estimate of drug-likeness (QED) is 0.868. The molecule has 1 aromatic carbocycles. The second-order valence-corrected chi connectivity index (χ2v) is 5.33. The predicted octanol–water partition coefficient (Wildman–Crippen LogP) is 3.41. The predicted molar refractivity (Wildman–Crippen MR) is 69.5 cm³/mol. The molecule has 0 aliphatic heterocycles. The zero-order chi connectivity index (χ0) is 12.4. The summed E-state index contributed by atoms with van der Waals surface area (Å²) in [6, 6.07) is 6.24. The lowest BCUT2D eigenvalue weighted by Crippen LogP contribution is -2.25. The highest BCUT2D eigenvalue weighted by atomic mass is 16.5. The van der Waals surface area contributed by atoms with E-state index in [1.165, 1.54) is 11.1 Å². The number of benzene rings is 1. The average molecular weight is 234 g/mol. The second kappa shape index (κ2) is 5.09.